The lowest BCUT2D eigenvalue weighted by atomic mass is 10.1. The van der Waals surface area contributed by atoms with Gasteiger partial charge in [0, 0.05) is 11.3 Å². The first-order chi connectivity index (χ1) is 10.1. The Morgan fingerprint density at radius 2 is 2.05 bits per heavy atom. The SMILES string of the molecule is Cc1cccc(C(=O)Nc2cccc(C#CCN)c2)c1F. The Morgan fingerprint density at radius 1 is 1.29 bits per heavy atom. The fourth-order valence-corrected chi connectivity index (χ4v) is 1.85. The Kier molecular flexibility index (Phi) is 4.70. The number of halogens is 1. The summed E-state index contributed by atoms with van der Waals surface area (Å²) >= 11 is 0. The van der Waals surface area contributed by atoms with Crippen LogP contribution in [0.4, 0.5) is 10.1 Å². The van der Waals surface area contributed by atoms with Crippen LogP contribution in [0.2, 0.25) is 0 Å². The van der Waals surface area contributed by atoms with Crippen molar-refractivity contribution in [3.8, 4) is 11.8 Å². The maximum Gasteiger partial charge on any atom is 0.258 e. The lowest BCUT2D eigenvalue weighted by Gasteiger charge is -2.07. The van der Waals surface area contributed by atoms with Crippen molar-refractivity contribution < 1.29 is 9.18 Å². The molecule has 4 heteroatoms. The first-order valence-corrected chi connectivity index (χ1v) is 6.47. The minimum atomic E-state index is -0.505. The maximum atomic E-state index is 13.9. The van der Waals surface area contributed by atoms with Gasteiger partial charge in [0.05, 0.1) is 12.1 Å². The number of rotatable bonds is 2. The number of hydrogen-bond acceptors (Lipinski definition) is 2. The van der Waals surface area contributed by atoms with Crippen LogP contribution >= 0.6 is 0 Å². The van der Waals surface area contributed by atoms with Gasteiger partial charge in [0.1, 0.15) is 5.82 Å². The van der Waals surface area contributed by atoms with E-state index < -0.39 is 11.7 Å². The van der Waals surface area contributed by atoms with Crippen LogP contribution in [0.5, 0.6) is 0 Å². The highest BCUT2D eigenvalue weighted by atomic mass is 19.1. The summed E-state index contributed by atoms with van der Waals surface area (Å²) < 4.78 is 13.9. The summed E-state index contributed by atoms with van der Waals surface area (Å²) in [7, 11) is 0. The second kappa shape index (κ2) is 6.69. The van der Waals surface area contributed by atoms with E-state index in [1.165, 1.54) is 6.07 Å². The number of anilines is 1. The number of nitrogens with two attached hydrogens (primary N) is 1. The van der Waals surface area contributed by atoms with Crippen molar-refractivity contribution in [2.24, 2.45) is 5.73 Å². The van der Waals surface area contributed by atoms with Crippen molar-refractivity contribution in [3.05, 3.63) is 65.0 Å². The van der Waals surface area contributed by atoms with E-state index in [0.717, 1.165) is 5.56 Å². The van der Waals surface area contributed by atoms with Crippen LogP contribution in [0.25, 0.3) is 0 Å². The van der Waals surface area contributed by atoms with Crippen molar-refractivity contribution in [1.29, 1.82) is 0 Å². The molecular formula is C17H15FN2O. The van der Waals surface area contributed by atoms with Gasteiger partial charge in [0.15, 0.2) is 0 Å². The van der Waals surface area contributed by atoms with E-state index in [1.54, 1.807) is 37.3 Å². The van der Waals surface area contributed by atoms with Gasteiger partial charge in [-0.2, -0.15) is 0 Å². The maximum absolute atomic E-state index is 13.9. The summed E-state index contributed by atoms with van der Waals surface area (Å²) in [5.74, 6) is 4.62. The van der Waals surface area contributed by atoms with Gasteiger partial charge in [-0.1, -0.05) is 30.0 Å². The largest absolute Gasteiger partial charge is 0.322 e. The zero-order valence-electron chi connectivity index (χ0n) is 11.6. The molecule has 2 aromatic carbocycles. The molecule has 0 aliphatic heterocycles. The van der Waals surface area contributed by atoms with Gasteiger partial charge in [0.2, 0.25) is 0 Å². The highest BCUT2D eigenvalue weighted by molar-refractivity contribution is 6.04. The van der Waals surface area contributed by atoms with Crippen LogP contribution in [-0.2, 0) is 0 Å². The van der Waals surface area contributed by atoms with Gasteiger partial charge in [0.25, 0.3) is 5.91 Å². The predicted molar refractivity (Wildman–Crippen MR) is 81.5 cm³/mol. The first-order valence-electron chi connectivity index (χ1n) is 6.47. The Balaban J connectivity index is 2.22. The Bertz CT molecular complexity index is 729. The molecule has 3 nitrogen and oxygen atoms in total. The third-order valence-corrected chi connectivity index (χ3v) is 2.89. The van der Waals surface area contributed by atoms with Crippen molar-refractivity contribution in [1.82, 2.24) is 0 Å². The minimum absolute atomic E-state index is 0.0217. The molecule has 0 saturated carbocycles. The van der Waals surface area contributed by atoms with Crippen LogP contribution < -0.4 is 11.1 Å². The molecule has 0 spiro atoms. The summed E-state index contributed by atoms with van der Waals surface area (Å²) in [4.78, 5) is 12.1. The fraction of sp³-hybridized carbons (Fsp3) is 0.118. The Hall–Kier alpha value is -2.64. The summed E-state index contributed by atoms with van der Waals surface area (Å²) in [5.41, 5.74) is 7.07. The highest BCUT2D eigenvalue weighted by Gasteiger charge is 2.13. The van der Waals surface area contributed by atoms with Crippen molar-refractivity contribution in [2.75, 3.05) is 11.9 Å². The number of nitrogens with one attached hydrogen (secondary N) is 1. The number of aryl methyl sites for hydroxylation is 1. The molecule has 2 aromatic rings. The monoisotopic (exact) mass is 282 g/mol. The van der Waals surface area contributed by atoms with E-state index in [9.17, 15) is 9.18 Å². The van der Waals surface area contributed by atoms with Crippen LogP contribution in [-0.4, -0.2) is 12.5 Å². The lowest BCUT2D eigenvalue weighted by Crippen LogP contribution is -2.14. The van der Waals surface area contributed by atoms with Gasteiger partial charge in [-0.15, -0.1) is 0 Å². The number of carbonyl (C=O) groups is 1. The van der Waals surface area contributed by atoms with E-state index in [1.807, 2.05) is 6.07 Å². The number of hydrogen-bond donors (Lipinski definition) is 2. The molecule has 0 fully saturated rings. The molecule has 0 aliphatic carbocycles. The van der Waals surface area contributed by atoms with Crippen LogP contribution in [0.15, 0.2) is 42.5 Å². The van der Waals surface area contributed by atoms with Gasteiger partial charge < -0.3 is 11.1 Å². The molecule has 21 heavy (non-hydrogen) atoms. The molecule has 1 amide bonds. The third-order valence-electron chi connectivity index (χ3n) is 2.89. The third kappa shape index (κ3) is 3.68. The van der Waals surface area contributed by atoms with E-state index in [0.29, 0.717) is 11.3 Å². The van der Waals surface area contributed by atoms with Crippen LogP contribution in [0, 0.1) is 24.6 Å². The molecule has 0 aliphatic rings. The molecule has 2 rings (SSSR count). The van der Waals surface area contributed by atoms with Crippen molar-refractivity contribution in [2.45, 2.75) is 6.92 Å². The van der Waals surface area contributed by atoms with Crippen molar-refractivity contribution in [3.63, 3.8) is 0 Å². The summed E-state index contributed by atoms with van der Waals surface area (Å²) in [6.45, 7) is 1.89. The van der Waals surface area contributed by atoms with Gasteiger partial charge in [-0.05, 0) is 36.8 Å². The van der Waals surface area contributed by atoms with E-state index in [4.69, 9.17) is 5.73 Å². The average molecular weight is 282 g/mol. The fourth-order valence-electron chi connectivity index (χ4n) is 1.85. The minimum Gasteiger partial charge on any atom is -0.322 e. The number of benzene rings is 2. The highest BCUT2D eigenvalue weighted by Crippen LogP contribution is 2.15. The molecule has 0 unspecified atom stereocenters. The Morgan fingerprint density at radius 3 is 2.81 bits per heavy atom. The van der Waals surface area contributed by atoms with Gasteiger partial charge >= 0.3 is 0 Å². The van der Waals surface area contributed by atoms with E-state index in [2.05, 4.69) is 17.2 Å². The molecule has 0 atom stereocenters. The molecule has 0 bridgehead atoms. The Labute approximate surface area is 123 Å². The summed E-state index contributed by atoms with van der Waals surface area (Å²) in [5, 5.41) is 2.67. The number of carbonyl (C=O) groups excluding carboxylic acids is 1. The zero-order valence-corrected chi connectivity index (χ0v) is 11.6. The average Bonchev–Trinajstić information content (AvgIpc) is 2.48. The molecule has 0 heterocycles. The summed E-state index contributed by atoms with van der Waals surface area (Å²) in [6, 6.07) is 11.7. The van der Waals surface area contributed by atoms with Crippen molar-refractivity contribution >= 4 is 11.6 Å². The number of amides is 1. The molecule has 3 N–H and O–H groups in total. The molecular weight excluding hydrogens is 267 g/mol. The molecule has 106 valence electrons. The van der Waals surface area contributed by atoms with Crippen LogP contribution in [0.3, 0.4) is 0 Å². The summed E-state index contributed by atoms with van der Waals surface area (Å²) in [6.07, 6.45) is 0. The lowest BCUT2D eigenvalue weighted by molar-refractivity contribution is 0.102. The van der Waals surface area contributed by atoms with Crippen LogP contribution in [0.1, 0.15) is 21.5 Å². The van der Waals surface area contributed by atoms with E-state index in [-0.39, 0.29) is 12.1 Å². The topological polar surface area (TPSA) is 55.1 Å². The standard InChI is InChI=1S/C17H15FN2O/c1-12-5-2-9-15(16(12)18)17(21)20-14-8-3-6-13(11-14)7-4-10-19/h2-3,5-6,8-9,11H,10,19H2,1H3,(H,20,21). The van der Waals surface area contributed by atoms with Gasteiger partial charge in [-0.3, -0.25) is 4.79 Å². The smallest absolute Gasteiger partial charge is 0.258 e. The van der Waals surface area contributed by atoms with Gasteiger partial charge in [-0.25, -0.2) is 4.39 Å². The predicted octanol–water partition coefficient (Wildman–Crippen LogP) is 2.70. The molecule has 0 saturated heterocycles. The quantitative estimate of drug-likeness (QED) is 0.832. The second-order valence-electron chi connectivity index (χ2n) is 4.48. The zero-order chi connectivity index (χ0) is 15.2. The van der Waals surface area contributed by atoms with E-state index >= 15 is 0 Å². The normalized spacial score (nSPS) is 9.67. The molecule has 0 radical (unpaired) electrons. The second-order valence-corrected chi connectivity index (χ2v) is 4.48. The first kappa shape index (κ1) is 14.8. The molecule has 0 aromatic heterocycles.